The van der Waals surface area contributed by atoms with Crippen LogP contribution in [0.3, 0.4) is 0 Å². The number of hydrogen-bond donors (Lipinski definition) is 2. The van der Waals surface area contributed by atoms with Crippen LogP contribution in [0.4, 0.5) is 5.13 Å². The molecule has 2 N–H and O–H groups in total. The SMILES string of the molecule is CCCC(Nc1nc(C(C)=O)c(C)s1)C(=O)O. The third-order valence-electron chi connectivity index (χ3n) is 2.30. The topological polar surface area (TPSA) is 79.3 Å². The molecule has 1 unspecified atom stereocenters. The molecular formula is C11H16N2O3S. The summed E-state index contributed by atoms with van der Waals surface area (Å²) < 4.78 is 0. The van der Waals surface area contributed by atoms with Crippen LogP contribution < -0.4 is 5.32 Å². The zero-order chi connectivity index (χ0) is 13.0. The molecule has 0 aliphatic rings. The van der Waals surface area contributed by atoms with E-state index in [0.29, 0.717) is 17.2 Å². The van der Waals surface area contributed by atoms with E-state index in [1.165, 1.54) is 18.3 Å². The van der Waals surface area contributed by atoms with E-state index in [0.717, 1.165) is 11.3 Å². The number of anilines is 1. The van der Waals surface area contributed by atoms with E-state index >= 15 is 0 Å². The maximum atomic E-state index is 11.2. The summed E-state index contributed by atoms with van der Waals surface area (Å²) in [6.07, 6.45) is 1.30. The minimum absolute atomic E-state index is 0.103. The Morgan fingerprint density at radius 1 is 1.53 bits per heavy atom. The van der Waals surface area contributed by atoms with Gasteiger partial charge in [0.05, 0.1) is 0 Å². The van der Waals surface area contributed by atoms with Gasteiger partial charge in [-0.15, -0.1) is 11.3 Å². The maximum Gasteiger partial charge on any atom is 0.326 e. The van der Waals surface area contributed by atoms with E-state index in [4.69, 9.17) is 5.11 Å². The number of hydrogen-bond acceptors (Lipinski definition) is 5. The number of ketones is 1. The minimum Gasteiger partial charge on any atom is -0.480 e. The Balaban J connectivity index is 2.83. The van der Waals surface area contributed by atoms with Crippen LogP contribution in [0.15, 0.2) is 0 Å². The van der Waals surface area contributed by atoms with Crippen molar-refractivity contribution < 1.29 is 14.7 Å². The number of aromatic nitrogens is 1. The molecule has 0 aliphatic heterocycles. The lowest BCUT2D eigenvalue weighted by Gasteiger charge is -2.11. The van der Waals surface area contributed by atoms with Gasteiger partial charge in [-0.2, -0.15) is 0 Å². The number of nitrogens with one attached hydrogen (secondary N) is 1. The molecule has 6 heteroatoms. The number of rotatable bonds is 6. The van der Waals surface area contributed by atoms with Gasteiger partial charge in [0.1, 0.15) is 11.7 Å². The molecule has 1 aromatic heterocycles. The molecule has 0 aromatic carbocycles. The first-order valence-corrected chi connectivity index (χ1v) is 6.25. The van der Waals surface area contributed by atoms with Gasteiger partial charge in [-0.3, -0.25) is 4.79 Å². The molecule has 1 atom stereocenters. The Morgan fingerprint density at radius 2 is 2.18 bits per heavy atom. The molecule has 1 rings (SSSR count). The summed E-state index contributed by atoms with van der Waals surface area (Å²) >= 11 is 1.31. The number of thiazole rings is 1. The molecule has 0 spiro atoms. The standard InChI is InChI=1S/C11H16N2O3S/c1-4-5-8(10(15)16)12-11-13-9(6(2)14)7(3)17-11/h8H,4-5H2,1-3H3,(H,12,13)(H,15,16). The highest BCUT2D eigenvalue weighted by Crippen LogP contribution is 2.23. The molecule has 0 saturated carbocycles. The van der Waals surface area contributed by atoms with Crippen molar-refractivity contribution in [2.24, 2.45) is 0 Å². The van der Waals surface area contributed by atoms with Gasteiger partial charge in [-0.05, 0) is 13.3 Å². The monoisotopic (exact) mass is 256 g/mol. The molecule has 17 heavy (non-hydrogen) atoms. The van der Waals surface area contributed by atoms with Crippen LogP contribution in [-0.4, -0.2) is 27.9 Å². The van der Waals surface area contributed by atoms with Gasteiger partial charge in [0.15, 0.2) is 10.9 Å². The highest BCUT2D eigenvalue weighted by Gasteiger charge is 2.19. The molecule has 94 valence electrons. The average Bonchev–Trinajstić information content (AvgIpc) is 2.59. The van der Waals surface area contributed by atoms with Crippen LogP contribution in [0.25, 0.3) is 0 Å². The number of Topliss-reactive ketones (excluding diaryl/α,β-unsaturated/α-hetero) is 1. The Morgan fingerprint density at radius 3 is 2.59 bits per heavy atom. The summed E-state index contributed by atoms with van der Waals surface area (Å²) in [5.74, 6) is -1.00. The van der Waals surface area contributed by atoms with E-state index in [9.17, 15) is 9.59 Å². The van der Waals surface area contributed by atoms with E-state index in [1.54, 1.807) is 6.92 Å². The van der Waals surface area contributed by atoms with Crippen molar-refractivity contribution >= 4 is 28.2 Å². The van der Waals surface area contributed by atoms with Crippen molar-refractivity contribution in [1.29, 1.82) is 0 Å². The van der Waals surface area contributed by atoms with Gasteiger partial charge in [0.25, 0.3) is 0 Å². The van der Waals surface area contributed by atoms with Gasteiger partial charge in [0.2, 0.25) is 0 Å². The largest absolute Gasteiger partial charge is 0.480 e. The van der Waals surface area contributed by atoms with Crippen LogP contribution in [0.5, 0.6) is 0 Å². The zero-order valence-electron chi connectivity index (χ0n) is 10.1. The summed E-state index contributed by atoms with van der Waals surface area (Å²) in [7, 11) is 0. The van der Waals surface area contributed by atoms with Crippen LogP contribution in [0.1, 0.15) is 42.1 Å². The Labute approximate surface area is 104 Å². The van der Waals surface area contributed by atoms with Gasteiger partial charge < -0.3 is 10.4 Å². The van der Waals surface area contributed by atoms with Crippen molar-refractivity contribution in [3.8, 4) is 0 Å². The second-order valence-corrected chi connectivity index (χ2v) is 5.01. The molecule has 0 aliphatic carbocycles. The van der Waals surface area contributed by atoms with Crippen LogP contribution in [0.2, 0.25) is 0 Å². The van der Waals surface area contributed by atoms with E-state index in [1.807, 2.05) is 6.92 Å². The lowest BCUT2D eigenvalue weighted by atomic mass is 10.2. The van der Waals surface area contributed by atoms with E-state index in [2.05, 4.69) is 10.3 Å². The van der Waals surface area contributed by atoms with Gasteiger partial charge >= 0.3 is 5.97 Å². The zero-order valence-corrected chi connectivity index (χ0v) is 10.9. The molecule has 0 radical (unpaired) electrons. The number of carboxylic acid groups (broad SMARTS) is 1. The van der Waals surface area contributed by atoms with Crippen LogP contribution >= 0.6 is 11.3 Å². The number of carbonyl (C=O) groups is 2. The first kappa shape index (κ1) is 13.6. The Bertz CT molecular complexity index is 428. The van der Waals surface area contributed by atoms with Crippen LogP contribution in [0, 0.1) is 6.92 Å². The molecule has 1 heterocycles. The molecule has 0 amide bonds. The summed E-state index contributed by atoms with van der Waals surface area (Å²) in [6, 6.07) is -0.648. The third-order valence-corrected chi connectivity index (χ3v) is 3.21. The summed E-state index contributed by atoms with van der Waals surface area (Å²) in [5, 5.41) is 12.3. The quantitative estimate of drug-likeness (QED) is 0.763. The Kier molecular flexibility index (Phi) is 4.62. The number of carboxylic acids is 1. The lowest BCUT2D eigenvalue weighted by molar-refractivity contribution is -0.138. The first-order chi connectivity index (χ1) is 7.95. The minimum atomic E-state index is -0.899. The number of aliphatic carboxylic acids is 1. The molecule has 5 nitrogen and oxygen atoms in total. The highest BCUT2D eigenvalue weighted by atomic mass is 32.1. The van der Waals surface area contributed by atoms with Gasteiger partial charge in [-0.25, -0.2) is 9.78 Å². The second kappa shape index (κ2) is 5.77. The smallest absolute Gasteiger partial charge is 0.326 e. The molecule has 1 aromatic rings. The van der Waals surface area contributed by atoms with Gasteiger partial charge in [0, 0.05) is 11.8 Å². The average molecular weight is 256 g/mol. The third kappa shape index (κ3) is 3.52. The van der Waals surface area contributed by atoms with Crippen LogP contribution in [-0.2, 0) is 4.79 Å². The number of carbonyl (C=O) groups excluding carboxylic acids is 1. The second-order valence-electron chi connectivity index (χ2n) is 3.80. The normalized spacial score (nSPS) is 12.2. The lowest BCUT2D eigenvalue weighted by Crippen LogP contribution is -2.28. The molecule has 0 bridgehead atoms. The van der Waals surface area contributed by atoms with Crippen molar-refractivity contribution in [1.82, 2.24) is 4.98 Å². The number of aryl methyl sites for hydroxylation is 1. The summed E-state index contributed by atoms with van der Waals surface area (Å²) in [4.78, 5) is 27.1. The highest BCUT2D eigenvalue weighted by molar-refractivity contribution is 7.15. The predicted octanol–water partition coefficient (Wildman–Crippen LogP) is 2.32. The van der Waals surface area contributed by atoms with E-state index < -0.39 is 12.0 Å². The van der Waals surface area contributed by atoms with Crippen molar-refractivity contribution in [3.05, 3.63) is 10.6 Å². The summed E-state index contributed by atoms with van der Waals surface area (Å²) in [6.45, 7) is 5.17. The molecule has 0 fully saturated rings. The fraction of sp³-hybridized carbons (Fsp3) is 0.545. The van der Waals surface area contributed by atoms with Crippen molar-refractivity contribution in [2.45, 2.75) is 39.7 Å². The first-order valence-electron chi connectivity index (χ1n) is 5.43. The number of nitrogens with zero attached hydrogens (tertiary/aromatic N) is 1. The fourth-order valence-corrected chi connectivity index (χ4v) is 2.39. The fourth-order valence-electron chi connectivity index (χ4n) is 1.48. The van der Waals surface area contributed by atoms with Gasteiger partial charge in [-0.1, -0.05) is 13.3 Å². The molecular weight excluding hydrogens is 240 g/mol. The van der Waals surface area contributed by atoms with Crippen molar-refractivity contribution in [2.75, 3.05) is 5.32 Å². The maximum absolute atomic E-state index is 11.2. The summed E-state index contributed by atoms with van der Waals surface area (Å²) in [5.41, 5.74) is 0.415. The van der Waals surface area contributed by atoms with Crippen molar-refractivity contribution in [3.63, 3.8) is 0 Å². The predicted molar refractivity (Wildman–Crippen MR) is 66.8 cm³/mol. The molecule has 0 saturated heterocycles. The Hall–Kier alpha value is -1.43. The van der Waals surface area contributed by atoms with E-state index in [-0.39, 0.29) is 5.78 Å².